The summed E-state index contributed by atoms with van der Waals surface area (Å²) >= 11 is 1.33. The van der Waals surface area contributed by atoms with E-state index in [-0.39, 0.29) is 5.91 Å². The number of nitrogens with one attached hydrogen (secondary N) is 1. The quantitative estimate of drug-likeness (QED) is 0.682. The molecule has 0 fully saturated rings. The first kappa shape index (κ1) is 17.9. The van der Waals surface area contributed by atoms with Crippen molar-refractivity contribution in [3.8, 4) is 17.4 Å². The first-order valence-electron chi connectivity index (χ1n) is 8.20. The molecule has 0 saturated heterocycles. The maximum atomic E-state index is 12.1. The minimum atomic E-state index is -0.129. The van der Waals surface area contributed by atoms with Crippen LogP contribution in [-0.2, 0) is 6.54 Å². The van der Waals surface area contributed by atoms with E-state index in [4.69, 9.17) is 9.47 Å². The van der Waals surface area contributed by atoms with Crippen LogP contribution in [0, 0.1) is 6.92 Å². The predicted octanol–water partition coefficient (Wildman–Crippen LogP) is 3.97. The van der Waals surface area contributed by atoms with Gasteiger partial charge in [-0.1, -0.05) is 18.2 Å². The number of thiazole rings is 1. The molecular formula is C19H19N3O3S. The number of aromatic nitrogens is 2. The van der Waals surface area contributed by atoms with Crippen LogP contribution >= 0.6 is 11.3 Å². The SMILES string of the molecule is CCOc1ccccc1Oc1ccc(CNC(=O)c2scnc2C)cn1. The highest BCUT2D eigenvalue weighted by Gasteiger charge is 2.11. The molecule has 0 aliphatic carbocycles. The van der Waals surface area contributed by atoms with E-state index in [1.165, 1.54) is 11.3 Å². The van der Waals surface area contributed by atoms with E-state index >= 15 is 0 Å². The van der Waals surface area contributed by atoms with Gasteiger partial charge in [0, 0.05) is 18.8 Å². The van der Waals surface area contributed by atoms with Crippen LogP contribution in [-0.4, -0.2) is 22.5 Å². The number of hydrogen-bond acceptors (Lipinski definition) is 6. The summed E-state index contributed by atoms with van der Waals surface area (Å²) in [5.41, 5.74) is 3.28. The van der Waals surface area contributed by atoms with Gasteiger partial charge in [-0.05, 0) is 31.5 Å². The van der Waals surface area contributed by atoms with E-state index in [1.807, 2.05) is 44.2 Å². The third-order valence-electron chi connectivity index (χ3n) is 3.57. The molecule has 7 heteroatoms. The van der Waals surface area contributed by atoms with Gasteiger partial charge in [0.05, 0.1) is 17.8 Å². The molecule has 2 aromatic heterocycles. The monoisotopic (exact) mass is 369 g/mol. The second-order valence-electron chi connectivity index (χ2n) is 5.44. The van der Waals surface area contributed by atoms with Crippen molar-refractivity contribution in [2.45, 2.75) is 20.4 Å². The summed E-state index contributed by atoms with van der Waals surface area (Å²) in [7, 11) is 0. The molecule has 6 nitrogen and oxygen atoms in total. The van der Waals surface area contributed by atoms with Crippen molar-refractivity contribution in [3.05, 3.63) is 64.2 Å². The second-order valence-corrected chi connectivity index (χ2v) is 6.29. The lowest BCUT2D eigenvalue weighted by Crippen LogP contribution is -2.22. The van der Waals surface area contributed by atoms with Gasteiger partial charge in [-0.3, -0.25) is 4.79 Å². The van der Waals surface area contributed by atoms with E-state index in [0.29, 0.717) is 35.4 Å². The lowest BCUT2D eigenvalue weighted by molar-refractivity contribution is 0.0954. The highest BCUT2D eigenvalue weighted by Crippen LogP contribution is 2.30. The number of nitrogens with zero attached hydrogens (tertiary/aromatic N) is 2. The van der Waals surface area contributed by atoms with E-state index < -0.39 is 0 Å². The van der Waals surface area contributed by atoms with Crippen LogP contribution in [0.5, 0.6) is 17.4 Å². The average molecular weight is 369 g/mol. The Kier molecular flexibility index (Phi) is 5.80. The number of rotatable bonds is 7. The Bertz CT molecular complexity index is 878. The molecule has 26 heavy (non-hydrogen) atoms. The van der Waals surface area contributed by atoms with Gasteiger partial charge >= 0.3 is 0 Å². The molecule has 0 spiro atoms. The van der Waals surface area contributed by atoms with E-state index in [2.05, 4.69) is 15.3 Å². The molecule has 134 valence electrons. The second kappa shape index (κ2) is 8.44. The normalized spacial score (nSPS) is 10.4. The zero-order valence-corrected chi connectivity index (χ0v) is 15.4. The lowest BCUT2D eigenvalue weighted by Gasteiger charge is -2.11. The maximum Gasteiger partial charge on any atom is 0.263 e. The van der Waals surface area contributed by atoms with Crippen molar-refractivity contribution in [3.63, 3.8) is 0 Å². The Balaban J connectivity index is 1.60. The average Bonchev–Trinajstić information content (AvgIpc) is 3.09. The summed E-state index contributed by atoms with van der Waals surface area (Å²) in [4.78, 5) is 21.1. The minimum Gasteiger partial charge on any atom is -0.490 e. The molecule has 0 atom stereocenters. The number of amides is 1. The molecule has 2 heterocycles. The van der Waals surface area contributed by atoms with Crippen LogP contribution in [0.15, 0.2) is 48.1 Å². The summed E-state index contributed by atoms with van der Waals surface area (Å²) < 4.78 is 11.3. The fourth-order valence-corrected chi connectivity index (χ4v) is 3.00. The largest absolute Gasteiger partial charge is 0.490 e. The molecule has 1 N–H and O–H groups in total. The Labute approximate surface area is 155 Å². The van der Waals surface area contributed by atoms with Crippen LogP contribution in [0.3, 0.4) is 0 Å². The van der Waals surface area contributed by atoms with Crippen molar-refractivity contribution in [1.82, 2.24) is 15.3 Å². The van der Waals surface area contributed by atoms with Crippen LogP contribution < -0.4 is 14.8 Å². The van der Waals surface area contributed by atoms with Gasteiger partial charge < -0.3 is 14.8 Å². The third-order valence-corrected chi connectivity index (χ3v) is 4.49. The smallest absolute Gasteiger partial charge is 0.263 e. The molecule has 3 aromatic rings. The maximum absolute atomic E-state index is 12.1. The molecule has 0 saturated carbocycles. The van der Waals surface area contributed by atoms with Crippen LogP contribution in [0.2, 0.25) is 0 Å². The molecule has 0 bridgehead atoms. The van der Waals surface area contributed by atoms with Gasteiger partial charge in [0.25, 0.3) is 5.91 Å². The van der Waals surface area contributed by atoms with Gasteiger partial charge in [-0.15, -0.1) is 11.3 Å². The van der Waals surface area contributed by atoms with E-state index in [1.54, 1.807) is 17.8 Å². The van der Waals surface area contributed by atoms with Crippen molar-refractivity contribution >= 4 is 17.2 Å². The topological polar surface area (TPSA) is 73.3 Å². The predicted molar refractivity (Wildman–Crippen MR) is 99.9 cm³/mol. The van der Waals surface area contributed by atoms with E-state index in [9.17, 15) is 4.79 Å². The van der Waals surface area contributed by atoms with Crippen molar-refractivity contribution in [1.29, 1.82) is 0 Å². The van der Waals surface area contributed by atoms with E-state index in [0.717, 1.165) is 11.3 Å². The van der Waals surface area contributed by atoms with Gasteiger partial charge in [0.15, 0.2) is 11.5 Å². The number of para-hydroxylation sites is 2. The van der Waals surface area contributed by atoms with Crippen LogP contribution in [0.4, 0.5) is 0 Å². The molecule has 1 amide bonds. The number of pyridine rings is 1. The molecule has 1 aromatic carbocycles. The number of hydrogen-bond donors (Lipinski definition) is 1. The fourth-order valence-electron chi connectivity index (χ4n) is 2.28. The van der Waals surface area contributed by atoms with Crippen molar-refractivity contribution < 1.29 is 14.3 Å². The van der Waals surface area contributed by atoms with Crippen molar-refractivity contribution in [2.75, 3.05) is 6.61 Å². The summed E-state index contributed by atoms with van der Waals surface area (Å²) in [6.07, 6.45) is 1.68. The number of carbonyl (C=O) groups is 1. The summed E-state index contributed by atoms with van der Waals surface area (Å²) in [6.45, 7) is 4.69. The zero-order chi connectivity index (χ0) is 18.4. The standard InChI is InChI=1S/C19H19N3O3S/c1-3-24-15-6-4-5-7-16(15)25-17-9-8-14(10-20-17)11-21-19(23)18-13(2)22-12-26-18/h4-10,12H,3,11H2,1-2H3,(H,21,23). The van der Waals surface area contributed by atoms with Crippen LogP contribution in [0.25, 0.3) is 0 Å². The highest BCUT2D eigenvalue weighted by atomic mass is 32.1. The lowest BCUT2D eigenvalue weighted by atomic mass is 10.2. The molecule has 0 unspecified atom stereocenters. The van der Waals surface area contributed by atoms with Gasteiger partial charge in [-0.2, -0.15) is 0 Å². The number of aryl methyl sites for hydroxylation is 1. The van der Waals surface area contributed by atoms with Gasteiger partial charge in [0.1, 0.15) is 4.88 Å². The molecule has 0 aliphatic heterocycles. The van der Waals surface area contributed by atoms with Crippen LogP contribution in [0.1, 0.15) is 27.9 Å². The number of carbonyl (C=O) groups excluding carboxylic acids is 1. The highest BCUT2D eigenvalue weighted by molar-refractivity contribution is 7.11. The summed E-state index contributed by atoms with van der Waals surface area (Å²) in [5.74, 6) is 1.62. The summed E-state index contributed by atoms with van der Waals surface area (Å²) in [6, 6.07) is 11.1. The Morgan fingerprint density at radius 2 is 1.96 bits per heavy atom. The number of benzene rings is 1. The van der Waals surface area contributed by atoms with Crippen molar-refractivity contribution in [2.24, 2.45) is 0 Å². The molecular weight excluding hydrogens is 350 g/mol. The molecule has 3 rings (SSSR count). The zero-order valence-electron chi connectivity index (χ0n) is 14.6. The van der Waals surface area contributed by atoms with Gasteiger partial charge in [-0.25, -0.2) is 9.97 Å². The first-order valence-corrected chi connectivity index (χ1v) is 9.08. The number of ether oxygens (including phenoxy) is 2. The Morgan fingerprint density at radius 1 is 1.15 bits per heavy atom. The Morgan fingerprint density at radius 3 is 2.62 bits per heavy atom. The molecule has 0 radical (unpaired) electrons. The fraction of sp³-hybridized carbons (Fsp3) is 0.211. The minimum absolute atomic E-state index is 0.129. The third kappa shape index (κ3) is 4.37. The summed E-state index contributed by atoms with van der Waals surface area (Å²) in [5, 5.41) is 2.87. The van der Waals surface area contributed by atoms with Gasteiger partial charge in [0.2, 0.25) is 5.88 Å². The molecule has 0 aliphatic rings. The first-order chi connectivity index (χ1) is 12.7. The Hall–Kier alpha value is -2.93.